The van der Waals surface area contributed by atoms with Crippen molar-refractivity contribution >= 4 is 0 Å². The van der Waals surface area contributed by atoms with Crippen molar-refractivity contribution in [1.82, 2.24) is 9.80 Å². The molecule has 0 radical (unpaired) electrons. The van der Waals surface area contributed by atoms with Crippen LogP contribution in [0.2, 0.25) is 0 Å². The molecular weight excluding hydrogens is 391 g/mol. The molecule has 0 N–H and O–H groups in total. The summed E-state index contributed by atoms with van der Waals surface area (Å²) in [4.78, 5) is 5.19. The molecule has 2 aromatic carbocycles. The normalized spacial score (nSPS) is 26.6. The van der Waals surface area contributed by atoms with Crippen molar-refractivity contribution in [1.29, 1.82) is 0 Å². The zero-order valence-electron chi connectivity index (χ0n) is 18.2. The summed E-state index contributed by atoms with van der Waals surface area (Å²) in [6.45, 7) is 7.89. The number of nitrogens with zero attached hydrogens (tertiary/aromatic N) is 2. The van der Waals surface area contributed by atoms with Gasteiger partial charge in [-0.25, -0.2) is 4.39 Å². The number of likely N-dealkylation sites (tertiary alicyclic amines) is 2. The van der Waals surface area contributed by atoms with Gasteiger partial charge in [0, 0.05) is 32.1 Å². The highest BCUT2D eigenvalue weighted by Crippen LogP contribution is 2.34. The van der Waals surface area contributed by atoms with E-state index in [-0.39, 0.29) is 12.1 Å². The van der Waals surface area contributed by atoms with Gasteiger partial charge in [-0.15, -0.1) is 0 Å². The van der Waals surface area contributed by atoms with Crippen LogP contribution in [-0.4, -0.2) is 62.0 Å². The summed E-state index contributed by atoms with van der Waals surface area (Å²) in [6, 6.07) is 17.8. The Morgan fingerprint density at radius 1 is 0.839 bits per heavy atom. The lowest BCUT2D eigenvalue weighted by atomic mass is 9.88. The zero-order chi connectivity index (χ0) is 21.0. The lowest BCUT2D eigenvalue weighted by Crippen LogP contribution is -2.40. The van der Waals surface area contributed by atoms with Gasteiger partial charge < -0.3 is 14.4 Å². The molecule has 3 fully saturated rings. The van der Waals surface area contributed by atoms with E-state index in [0.29, 0.717) is 17.8 Å². The van der Waals surface area contributed by atoms with E-state index < -0.39 is 0 Å². The number of piperidine rings is 1. The molecule has 0 saturated carbocycles. The Morgan fingerprint density at radius 2 is 1.55 bits per heavy atom. The molecule has 2 aromatic rings. The summed E-state index contributed by atoms with van der Waals surface area (Å²) in [5.41, 5.74) is 2.65. The molecule has 0 aliphatic carbocycles. The summed E-state index contributed by atoms with van der Waals surface area (Å²) in [7, 11) is 0. The number of hydrogen-bond donors (Lipinski definition) is 0. The minimum absolute atomic E-state index is 0.0532. The minimum Gasteiger partial charge on any atom is -0.350 e. The van der Waals surface area contributed by atoms with Crippen LogP contribution < -0.4 is 0 Å². The SMILES string of the molecule is Fc1ccc(C2CCN(CC3CN(Cc4ccccc4)C[C@H]3C3OCCO3)CC2)cc1. The number of hydrogen-bond acceptors (Lipinski definition) is 4. The summed E-state index contributed by atoms with van der Waals surface area (Å²) in [5, 5.41) is 0. The number of rotatable bonds is 6. The second-order valence-corrected chi connectivity index (χ2v) is 9.34. The largest absolute Gasteiger partial charge is 0.350 e. The van der Waals surface area contributed by atoms with E-state index in [9.17, 15) is 4.39 Å². The fraction of sp³-hybridized carbons (Fsp3) is 0.538. The highest BCUT2D eigenvalue weighted by molar-refractivity contribution is 5.21. The van der Waals surface area contributed by atoms with Crippen LogP contribution in [0, 0.1) is 17.7 Å². The Hall–Kier alpha value is -1.79. The first-order chi connectivity index (χ1) is 15.2. The van der Waals surface area contributed by atoms with E-state index in [0.717, 1.165) is 65.3 Å². The van der Waals surface area contributed by atoms with Gasteiger partial charge in [0.15, 0.2) is 6.29 Å². The van der Waals surface area contributed by atoms with Gasteiger partial charge >= 0.3 is 0 Å². The summed E-state index contributed by atoms with van der Waals surface area (Å²) < 4.78 is 25.1. The molecular formula is C26H33FN2O2. The molecule has 1 unspecified atom stereocenters. The monoisotopic (exact) mass is 424 g/mol. The quantitative estimate of drug-likeness (QED) is 0.696. The van der Waals surface area contributed by atoms with E-state index in [1.165, 1.54) is 11.1 Å². The zero-order valence-corrected chi connectivity index (χ0v) is 18.2. The second-order valence-electron chi connectivity index (χ2n) is 9.34. The average Bonchev–Trinajstić information content (AvgIpc) is 3.46. The second kappa shape index (κ2) is 9.78. The number of ether oxygens (including phenoxy) is 2. The molecule has 3 aliphatic rings. The van der Waals surface area contributed by atoms with Crippen LogP contribution in [0.5, 0.6) is 0 Å². The maximum Gasteiger partial charge on any atom is 0.162 e. The summed E-state index contributed by atoms with van der Waals surface area (Å²) in [6.07, 6.45) is 2.24. The molecule has 4 nitrogen and oxygen atoms in total. The third-order valence-electron chi connectivity index (χ3n) is 7.24. The van der Waals surface area contributed by atoms with Gasteiger partial charge in [-0.3, -0.25) is 4.90 Å². The fourth-order valence-electron chi connectivity index (χ4n) is 5.60. The number of halogens is 1. The minimum atomic E-state index is -0.148. The summed E-state index contributed by atoms with van der Waals surface area (Å²) in [5.74, 6) is 1.40. The van der Waals surface area contributed by atoms with Crippen molar-refractivity contribution < 1.29 is 13.9 Å². The van der Waals surface area contributed by atoms with Crippen molar-refractivity contribution in [3.63, 3.8) is 0 Å². The third kappa shape index (κ3) is 5.17. The smallest absolute Gasteiger partial charge is 0.162 e. The van der Waals surface area contributed by atoms with E-state index >= 15 is 0 Å². The average molecular weight is 425 g/mol. The van der Waals surface area contributed by atoms with Crippen molar-refractivity contribution in [2.24, 2.45) is 11.8 Å². The van der Waals surface area contributed by atoms with Crippen LogP contribution in [0.25, 0.3) is 0 Å². The Morgan fingerprint density at radius 3 is 2.26 bits per heavy atom. The molecule has 0 amide bonds. The molecule has 3 saturated heterocycles. The van der Waals surface area contributed by atoms with Crippen LogP contribution in [0.3, 0.4) is 0 Å². The van der Waals surface area contributed by atoms with Crippen LogP contribution in [0.1, 0.15) is 29.9 Å². The lowest BCUT2D eigenvalue weighted by molar-refractivity contribution is -0.0928. The van der Waals surface area contributed by atoms with Gasteiger partial charge in [0.25, 0.3) is 0 Å². The predicted octanol–water partition coefficient (Wildman–Crippen LogP) is 4.13. The Labute approximate surface area is 184 Å². The van der Waals surface area contributed by atoms with Gasteiger partial charge in [0.2, 0.25) is 0 Å². The van der Waals surface area contributed by atoms with Crippen molar-refractivity contribution in [3.8, 4) is 0 Å². The van der Waals surface area contributed by atoms with Crippen LogP contribution in [0.4, 0.5) is 4.39 Å². The summed E-state index contributed by atoms with van der Waals surface area (Å²) >= 11 is 0. The molecule has 0 aromatic heterocycles. The van der Waals surface area contributed by atoms with Gasteiger partial charge in [-0.05, 0) is 61.0 Å². The van der Waals surface area contributed by atoms with Crippen molar-refractivity contribution in [2.75, 3.05) is 45.9 Å². The molecule has 0 bridgehead atoms. The predicted molar refractivity (Wildman–Crippen MR) is 119 cm³/mol. The third-order valence-corrected chi connectivity index (χ3v) is 7.24. The van der Waals surface area contributed by atoms with Gasteiger partial charge in [0.05, 0.1) is 13.2 Å². The molecule has 0 spiro atoms. The van der Waals surface area contributed by atoms with Crippen molar-refractivity contribution in [2.45, 2.75) is 31.6 Å². The Bertz CT molecular complexity index is 817. The number of benzene rings is 2. The van der Waals surface area contributed by atoms with Gasteiger partial charge in [0.1, 0.15) is 5.82 Å². The molecule has 5 heteroatoms. The highest BCUT2D eigenvalue weighted by Gasteiger charge is 2.41. The maximum atomic E-state index is 13.2. The van der Waals surface area contributed by atoms with E-state index in [2.05, 4.69) is 40.1 Å². The van der Waals surface area contributed by atoms with Crippen LogP contribution in [0.15, 0.2) is 54.6 Å². The van der Waals surface area contributed by atoms with E-state index in [4.69, 9.17) is 9.47 Å². The van der Waals surface area contributed by atoms with Gasteiger partial charge in [-0.1, -0.05) is 42.5 Å². The molecule has 5 rings (SSSR count). The van der Waals surface area contributed by atoms with Crippen LogP contribution >= 0.6 is 0 Å². The first-order valence-electron chi connectivity index (χ1n) is 11.7. The fourth-order valence-corrected chi connectivity index (χ4v) is 5.60. The Balaban J connectivity index is 1.19. The molecule has 166 valence electrons. The highest BCUT2D eigenvalue weighted by atomic mass is 19.1. The molecule has 31 heavy (non-hydrogen) atoms. The van der Waals surface area contributed by atoms with E-state index in [1.54, 1.807) is 12.1 Å². The maximum absolute atomic E-state index is 13.2. The van der Waals surface area contributed by atoms with Crippen LogP contribution in [-0.2, 0) is 16.0 Å². The first kappa shape index (κ1) is 21.1. The van der Waals surface area contributed by atoms with Gasteiger partial charge in [-0.2, -0.15) is 0 Å². The first-order valence-corrected chi connectivity index (χ1v) is 11.7. The van der Waals surface area contributed by atoms with E-state index in [1.807, 2.05) is 12.1 Å². The Kier molecular flexibility index (Phi) is 6.65. The topological polar surface area (TPSA) is 24.9 Å². The van der Waals surface area contributed by atoms with Crippen molar-refractivity contribution in [3.05, 3.63) is 71.5 Å². The standard InChI is InChI=1S/C26H33FN2O2/c27-24-8-6-21(7-9-24)22-10-12-28(13-11-22)17-23-18-29(16-20-4-2-1-3-5-20)19-25(23)26-30-14-15-31-26/h1-9,22-23,25-26H,10-19H2/t23?,25-/m1/s1. The molecule has 3 aliphatic heterocycles. The lowest BCUT2D eigenvalue weighted by Gasteiger charge is -2.35. The molecule has 2 atom stereocenters. The molecule has 3 heterocycles.